The number of hydrogen-bond donors (Lipinski definition) is 3. The predicted molar refractivity (Wildman–Crippen MR) is 153 cm³/mol. The van der Waals surface area contributed by atoms with Crippen molar-refractivity contribution in [2.24, 2.45) is 10.9 Å². The van der Waals surface area contributed by atoms with E-state index >= 15 is 0 Å². The van der Waals surface area contributed by atoms with Crippen LogP contribution in [0.4, 0.5) is 15.3 Å². The summed E-state index contributed by atoms with van der Waals surface area (Å²) in [5.74, 6) is -0.678. The number of nitrogens with two attached hydrogens (primary N) is 1. The molecule has 0 spiro atoms. The second-order valence-corrected chi connectivity index (χ2v) is 9.73. The van der Waals surface area contributed by atoms with E-state index in [0.29, 0.717) is 37.3 Å². The van der Waals surface area contributed by atoms with Gasteiger partial charge in [0.1, 0.15) is 12.6 Å². The summed E-state index contributed by atoms with van der Waals surface area (Å²) in [5.41, 5.74) is 7.97. The van der Waals surface area contributed by atoms with Gasteiger partial charge in [0.25, 0.3) is 0 Å². The van der Waals surface area contributed by atoms with Crippen LogP contribution in [0.2, 0.25) is 0 Å². The van der Waals surface area contributed by atoms with Crippen molar-refractivity contribution in [2.45, 2.75) is 25.5 Å². The number of carbonyl (C=O) groups is 4. The summed E-state index contributed by atoms with van der Waals surface area (Å²) in [6, 6.07) is 14.8. The highest BCUT2D eigenvalue weighted by Crippen LogP contribution is 2.22. The lowest BCUT2D eigenvalue weighted by Gasteiger charge is -2.18. The first kappa shape index (κ1) is 30.9. The van der Waals surface area contributed by atoms with Gasteiger partial charge in [0.05, 0.1) is 6.42 Å². The molecule has 3 rings (SSSR count). The molecule has 13 nitrogen and oxygen atoms in total. The Hall–Kier alpha value is -4.65. The highest BCUT2D eigenvalue weighted by Gasteiger charge is 2.33. The maximum atomic E-state index is 12.9. The molecule has 1 aliphatic rings. The number of rotatable bonds is 12. The Bertz CT molecular complexity index is 1220. The van der Waals surface area contributed by atoms with Gasteiger partial charge in [-0.1, -0.05) is 35.5 Å². The molecule has 0 bridgehead atoms. The zero-order valence-corrected chi connectivity index (χ0v) is 23.5. The molecule has 1 aliphatic heterocycles. The SMILES string of the molecule is CN(C)CCN(C)C(=O)ON=C(N)c1ccc(N2CC[C@H](NC(=O)NCCC(=O)OCc3ccccc3)C2=O)cc1. The van der Waals surface area contributed by atoms with Crippen molar-refractivity contribution in [2.75, 3.05) is 52.2 Å². The molecule has 2 aromatic carbocycles. The van der Waals surface area contributed by atoms with Gasteiger partial charge in [-0.15, -0.1) is 0 Å². The minimum atomic E-state index is -0.699. The fraction of sp³-hybridized carbons (Fsp3) is 0.393. The van der Waals surface area contributed by atoms with Gasteiger partial charge >= 0.3 is 18.1 Å². The minimum absolute atomic E-state index is 0.0100. The Morgan fingerprint density at radius 1 is 1.05 bits per heavy atom. The number of nitrogens with zero attached hydrogens (tertiary/aromatic N) is 4. The molecule has 0 unspecified atom stereocenters. The third kappa shape index (κ3) is 9.80. The van der Waals surface area contributed by atoms with E-state index in [1.165, 1.54) is 4.90 Å². The first-order chi connectivity index (χ1) is 19.6. The molecular weight excluding hydrogens is 530 g/mol. The molecule has 41 heavy (non-hydrogen) atoms. The number of oxime groups is 1. The number of carbonyl (C=O) groups excluding carboxylic acids is 4. The maximum Gasteiger partial charge on any atom is 0.435 e. The van der Waals surface area contributed by atoms with Gasteiger partial charge in [0.2, 0.25) is 5.91 Å². The molecule has 1 fully saturated rings. The standard InChI is InChI=1S/C28H37N7O6/c1-33(2)17-18-34(3)28(39)41-32-25(29)21-9-11-22(12-10-21)35-16-14-23(26(35)37)31-27(38)30-15-13-24(36)40-19-20-7-5-4-6-8-20/h4-12,23H,13-19H2,1-3H3,(H2,29,32)(H2,30,31,38)/t23-/m0/s1. The average molecular weight is 568 g/mol. The van der Waals surface area contributed by atoms with Crippen molar-refractivity contribution >= 4 is 35.5 Å². The number of ether oxygens (including phenoxy) is 1. The van der Waals surface area contributed by atoms with E-state index < -0.39 is 24.1 Å². The Labute approximate surface area is 239 Å². The van der Waals surface area contributed by atoms with Crippen molar-refractivity contribution in [1.82, 2.24) is 20.4 Å². The summed E-state index contributed by atoms with van der Waals surface area (Å²) >= 11 is 0. The first-order valence-corrected chi connectivity index (χ1v) is 13.2. The molecule has 4 N–H and O–H groups in total. The number of anilines is 1. The van der Waals surface area contributed by atoms with E-state index in [1.807, 2.05) is 49.3 Å². The van der Waals surface area contributed by atoms with E-state index in [4.69, 9.17) is 15.3 Å². The van der Waals surface area contributed by atoms with Gasteiger partial charge in [-0.25, -0.2) is 9.59 Å². The normalized spacial score (nSPS) is 15.0. The molecule has 4 amide bonds. The molecule has 1 heterocycles. The smallest absolute Gasteiger partial charge is 0.435 e. The predicted octanol–water partition coefficient (Wildman–Crippen LogP) is 1.47. The van der Waals surface area contributed by atoms with E-state index in [9.17, 15) is 19.2 Å². The number of amidine groups is 1. The highest BCUT2D eigenvalue weighted by atomic mass is 16.7. The summed E-state index contributed by atoms with van der Waals surface area (Å²) < 4.78 is 5.18. The summed E-state index contributed by atoms with van der Waals surface area (Å²) in [4.78, 5) is 58.9. The molecule has 0 aromatic heterocycles. The lowest BCUT2D eigenvalue weighted by atomic mass is 10.2. The van der Waals surface area contributed by atoms with E-state index in [1.54, 1.807) is 36.2 Å². The number of hydrogen-bond acceptors (Lipinski definition) is 8. The molecule has 1 saturated heterocycles. The highest BCUT2D eigenvalue weighted by molar-refractivity contribution is 6.02. The van der Waals surface area contributed by atoms with E-state index in [-0.39, 0.29) is 31.3 Å². The van der Waals surface area contributed by atoms with Crippen LogP contribution >= 0.6 is 0 Å². The molecule has 0 saturated carbocycles. The minimum Gasteiger partial charge on any atom is -0.461 e. The summed E-state index contributed by atoms with van der Waals surface area (Å²) in [6.07, 6.45) is -0.191. The monoisotopic (exact) mass is 567 g/mol. The molecule has 220 valence electrons. The zero-order chi connectivity index (χ0) is 29.8. The van der Waals surface area contributed by atoms with Crippen LogP contribution in [0.1, 0.15) is 24.0 Å². The number of likely N-dealkylation sites (N-methyl/N-ethyl adjacent to an activating group) is 2. The Morgan fingerprint density at radius 3 is 2.44 bits per heavy atom. The van der Waals surface area contributed by atoms with Crippen LogP contribution in [0.3, 0.4) is 0 Å². The number of benzene rings is 2. The number of amides is 4. The number of urea groups is 1. The Morgan fingerprint density at radius 2 is 1.76 bits per heavy atom. The van der Waals surface area contributed by atoms with Crippen LogP contribution in [-0.2, 0) is 25.8 Å². The second kappa shape index (κ2) is 15.2. The molecule has 13 heteroatoms. The topological polar surface area (TPSA) is 159 Å². The van der Waals surface area contributed by atoms with Gasteiger partial charge in [-0.3, -0.25) is 14.4 Å². The van der Waals surface area contributed by atoms with E-state index in [0.717, 1.165) is 5.56 Å². The van der Waals surface area contributed by atoms with Crippen molar-refractivity contribution < 1.29 is 28.8 Å². The van der Waals surface area contributed by atoms with Crippen LogP contribution < -0.4 is 21.3 Å². The summed E-state index contributed by atoms with van der Waals surface area (Å²) in [7, 11) is 5.41. The van der Waals surface area contributed by atoms with Crippen molar-refractivity contribution in [1.29, 1.82) is 0 Å². The molecule has 2 aromatic rings. The number of esters is 1. The van der Waals surface area contributed by atoms with Crippen LogP contribution in [0.15, 0.2) is 59.8 Å². The zero-order valence-electron chi connectivity index (χ0n) is 23.5. The molecule has 0 radical (unpaired) electrons. The third-order valence-electron chi connectivity index (χ3n) is 6.26. The lowest BCUT2D eigenvalue weighted by Crippen LogP contribution is -2.46. The molecular formula is C28H37N7O6. The Balaban J connectivity index is 1.41. The van der Waals surface area contributed by atoms with Crippen molar-refractivity contribution in [3.63, 3.8) is 0 Å². The Kier molecular flexibility index (Phi) is 11.5. The first-order valence-electron chi connectivity index (χ1n) is 13.2. The average Bonchev–Trinajstić information content (AvgIpc) is 3.33. The molecule has 1 atom stereocenters. The van der Waals surface area contributed by atoms with Crippen LogP contribution in [0.5, 0.6) is 0 Å². The van der Waals surface area contributed by atoms with Gasteiger partial charge in [-0.05, 0) is 50.3 Å². The fourth-order valence-electron chi connectivity index (χ4n) is 3.83. The summed E-state index contributed by atoms with van der Waals surface area (Å²) in [5, 5.41) is 8.95. The van der Waals surface area contributed by atoms with Crippen molar-refractivity contribution in [3.05, 3.63) is 65.7 Å². The van der Waals surface area contributed by atoms with Crippen LogP contribution in [0, 0.1) is 0 Å². The lowest BCUT2D eigenvalue weighted by molar-refractivity contribution is -0.144. The molecule has 0 aliphatic carbocycles. The van der Waals surface area contributed by atoms with Gasteiger partial charge < -0.3 is 35.8 Å². The van der Waals surface area contributed by atoms with Crippen molar-refractivity contribution in [3.8, 4) is 0 Å². The third-order valence-corrected chi connectivity index (χ3v) is 6.26. The maximum absolute atomic E-state index is 12.9. The van der Waals surface area contributed by atoms with Crippen LogP contribution in [-0.4, -0.2) is 93.0 Å². The quantitative estimate of drug-likeness (QED) is 0.114. The van der Waals surface area contributed by atoms with Gasteiger partial charge in [0.15, 0.2) is 5.84 Å². The fourth-order valence-corrected chi connectivity index (χ4v) is 3.83. The summed E-state index contributed by atoms with van der Waals surface area (Å²) in [6.45, 7) is 1.81. The largest absolute Gasteiger partial charge is 0.461 e. The van der Waals surface area contributed by atoms with Gasteiger partial charge in [0, 0.05) is 44.5 Å². The number of nitrogens with one attached hydrogen (secondary N) is 2. The van der Waals surface area contributed by atoms with Gasteiger partial charge in [-0.2, -0.15) is 0 Å². The van der Waals surface area contributed by atoms with Crippen LogP contribution in [0.25, 0.3) is 0 Å². The second-order valence-electron chi connectivity index (χ2n) is 9.73. The van der Waals surface area contributed by atoms with E-state index in [2.05, 4.69) is 15.8 Å².